The second kappa shape index (κ2) is 5.99. The van der Waals surface area contributed by atoms with Gasteiger partial charge in [0.15, 0.2) is 0 Å². The Kier molecular flexibility index (Phi) is 5.35. The van der Waals surface area contributed by atoms with Crippen LogP contribution in [0.15, 0.2) is 24.3 Å². The summed E-state index contributed by atoms with van der Waals surface area (Å²) in [6, 6.07) is 4.36. The minimum atomic E-state index is -4.73. The summed E-state index contributed by atoms with van der Waals surface area (Å²) in [7, 11) is 0. The van der Waals surface area contributed by atoms with Crippen LogP contribution in [0, 0.1) is 0 Å². The van der Waals surface area contributed by atoms with Crippen LogP contribution in [0.25, 0.3) is 0 Å². The van der Waals surface area contributed by atoms with E-state index in [4.69, 9.17) is 5.73 Å². The van der Waals surface area contributed by atoms with Crippen LogP contribution in [0.2, 0.25) is 0 Å². The van der Waals surface area contributed by atoms with Gasteiger partial charge < -0.3 is 10.5 Å². The van der Waals surface area contributed by atoms with E-state index in [2.05, 4.69) is 4.74 Å². The first-order chi connectivity index (χ1) is 7.38. The highest BCUT2D eigenvalue weighted by Crippen LogP contribution is 2.22. The third kappa shape index (κ3) is 5.23. The van der Waals surface area contributed by atoms with E-state index in [1.165, 1.54) is 0 Å². The third-order valence-electron chi connectivity index (χ3n) is 1.37. The van der Waals surface area contributed by atoms with E-state index < -0.39 is 12.3 Å². The molecule has 1 aromatic carbocycles. The molecule has 0 aromatic heterocycles. The van der Waals surface area contributed by atoms with Crippen LogP contribution in [0.5, 0.6) is 5.75 Å². The van der Waals surface area contributed by atoms with Gasteiger partial charge in [-0.15, -0.1) is 13.2 Å². The summed E-state index contributed by atoms with van der Waals surface area (Å²) in [6.45, 7) is 4.00. The average molecular weight is 235 g/mol. The molecule has 0 saturated carbocycles. The molecule has 1 aromatic rings. The molecule has 3 nitrogen and oxygen atoms in total. The monoisotopic (exact) mass is 235 g/mol. The summed E-state index contributed by atoms with van der Waals surface area (Å²) in [5.74, 6) is -1.09. The smallest absolute Gasteiger partial charge is 0.406 e. The zero-order chi connectivity index (χ0) is 12.8. The highest BCUT2D eigenvalue weighted by atomic mass is 19.4. The summed E-state index contributed by atoms with van der Waals surface area (Å²) in [5.41, 5.74) is 5.01. The van der Waals surface area contributed by atoms with Crippen LogP contribution in [0.4, 0.5) is 13.2 Å². The first-order valence-electron chi connectivity index (χ1n) is 4.54. The summed E-state index contributed by atoms with van der Waals surface area (Å²) in [6.07, 6.45) is -4.73. The van der Waals surface area contributed by atoms with Crippen LogP contribution in [-0.4, -0.2) is 12.3 Å². The number of amides is 1. The molecule has 90 valence electrons. The van der Waals surface area contributed by atoms with Crippen molar-refractivity contribution in [2.24, 2.45) is 5.73 Å². The van der Waals surface area contributed by atoms with Crippen LogP contribution < -0.4 is 10.5 Å². The Balaban J connectivity index is 0.00000106. The first kappa shape index (κ1) is 14.3. The lowest BCUT2D eigenvalue weighted by Crippen LogP contribution is -2.17. The van der Waals surface area contributed by atoms with Gasteiger partial charge in [-0.05, 0) is 24.3 Å². The molecule has 0 unspecified atom stereocenters. The van der Waals surface area contributed by atoms with E-state index in [0.29, 0.717) is 0 Å². The zero-order valence-electron chi connectivity index (χ0n) is 8.84. The second-order valence-electron chi connectivity index (χ2n) is 2.44. The maximum absolute atomic E-state index is 11.7. The van der Waals surface area contributed by atoms with Crippen molar-refractivity contribution in [3.8, 4) is 5.75 Å². The predicted octanol–water partition coefficient (Wildman–Crippen LogP) is 2.71. The van der Waals surface area contributed by atoms with E-state index in [0.717, 1.165) is 24.3 Å². The number of halogens is 3. The van der Waals surface area contributed by atoms with Crippen LogP contribution in [0.1, 0.15) is 24.2 Å². The first-order valence-corrected chi connectivity index (χ1v) is 4.54. The number of primary amides is 1. The van der Waals surface area contributed by atoms with E-state index in [-0.39, 0.29) is 11.3 Å². The number of hydrogen-bond donors (Lipinski definition) is 1. The van der Waals surface area contributed by atoms with E-state index in [9.17, 15) is 18.0 Å². The van der Waals surface area contributed by atoms with Crippen molar-refractivity contribution in [3.63, 3.8) is 0 Å². The Bertz CT molecular complexity index is 333. The van der Waals surface area contributed by atoms with Crippen LogP contribution in [0.3, 0.4) is 0 Å². The van der Waals surface area contributed by atoms with Crippen LogP contribution in [-0.2, 0) is 0 Å². The molecular weight excluding hydrogens is 223 g/mol. The van der Waals surface area contributed by atoms with Gasteiger partial charge in [0, 0.05) is 5.56 Å². The fourth-order valence-corrected chi connectivity index (χ4v) is 0.821. The van der Waals surface area contributed by atoms with Crippen LogP contribution >= 0.6 is 0 Å². The predicted molar refractivity (Wildman–Crippen MR) is 53.0 cm³/mol. The van der Waals surface area contributed by atoms with E-state index >= 15 is 0 Å². The lowest BCUT2D eigenvalue weighted by atomic mass is 10.2. The van der Waals surface area contributed by atoms with Gasteiger partial charge in [0.25, 0.3) is 0 Å². The lowest BCUT2D eigenvalue weighted by molar-refractivity contribution is -0.274. The Morgan fingerprint density at radius 2 is 1.62 bits per heavy atom. The number of rotatable bonds is 2. The second-order valence-corrected chi connectivity index (χ2v) is 2.44. The number of nitrogens with two attached hydrogens (primary N) is 1. The Morgan fingerprint density at radius 3 is 1.94 bits per heavy atom. The Labute approximate surface area is 91.0 Å². The fraction of sp³-hybridized carbons (Fsp3) is 0.300. The molecule has 0 bridgehead atoms. The molecule has 6 heteroatoms. The number of hydrogen-bond acceptors (Lipinski definition) is 2. The molecule has 0 fully saturated rings. The molecule has 0 atom stereocenters. The molecule has 16 heavy (non-hydrogen) atoms. The standard InChI is InChI=1S/C8H6F3NO2.C2H6/c9-8(10,11)14-6-3-1-5(2-4-6)7(12)13;1-2/h1-4H,(H2,12,13);1-2H3. The van der Waals surface area contributed by atoms with Crippen molar-refractivity contribution in [3.05, 3.63) is 29.8 Å². The van der Waals surface area contributed by atoms with Crippen molar-refractivity contribution in [1.29, 1.82) is 0 Å². The molecule has 2 N–H and O–H groups in total. The van der Waals surface area contributed by atoms with Gasteiger partial charge in [0.2, 0.25) is 5.91 Å². The average Bonchev–Trinajstić information content (AvgIpc) is 2.19. The highest BCUT2D eigenvalue weighted by Gasteiger charge is 2.30. The molecule has 0 spiro atoms. The Hall–Kier alpha value is -1.72. The maximum Gasteiger partial charge on any atom is 0.573 e. The Morgan fingerprint density at radius 1 is 1.19 bits per heavy atom. The van der Waals surface area contributed by atoms with Gasteiger partial charge in [-0.1, -0.05) is 13.8 Å². The molecule has 1 rings (SSSR count). The topological polar surface area (TPSA) is 52.3 Å². The number of ether oxygens (including phenoxy) is 1. The van der Waals surface area contributed by atoms with Gasteiger partial charge in [-0.25, -0.2) is 0 Å². The van der Waals surface area contributed by atoms with Gasteiger partial charge in [0.1, 0.15) is 5.75 Å². The van der Waals surface area contributed by atoms with Crippen molar-refractivity contribution in [1.82, 2.24) is 0 Å². The highest BCUT2D eigenvalue weighted by molar-refractivity contribution is 5.92. The minimum absolute atomic E-state index is 0.125. The molecule has 1 amide bonds. The third-order valence-corrected chi connectivity index (χ3v) is 1.37. The SMILES string of the molecule is CC.NC(=O)c1ccc(OC(F)(F)F)cc1. The van der Waals surface area contributed by atoms with E-state index in [1.54, 1.807) is 0 Å². The van der Waals surface area contributed by atoms with Gasteiger partial charge in [-0.3, -0.25) is 4.79 Å². The van der Waals surface area contributed by atoms with Crippen molar-refractivity contribution >= 4 is 5.91 Å². The number of carbonyl (C=O) groups excluding carboxylic acids is 1. The summed E-state index contributed by atoms with van der Waals surface area (Å²) in [5, 5.41) is 0. The summed E-state index contributed by atoms with van der Waals surface area (Å²) >= 11 is 0. The number of alkyl halides is 3. The maximum atomic E-state index is 11.7. The quantitative estimate of drug-likeness (QED) is 0.856. The van der Waals surface area contributed by atoms with Crippen molar-refractivity contribution < 1.29 is 22.7 Å². The molecule has 0 saturated heterocycles. The molecular formula is C10H12F3NO2. The summed E-state index contributed by atoms with van der Waals surface area (Å²) < 4.78 is 38.6. The lowest BCUT2D eigenvalue weighted by Gasteiger charge is -2.08. The summed E-state index contributed by atoms with van der Waals surface area (Å²) in [4.78, 5) is 10.6. The minimum Gasteiger partial charge on any atom is -0.406 e. The zero-order valence-corrected chi connectivity index (χ0v) is 8.84. The molecule has 0 heterocycles. The normalized spacial score (nSPS) is 10.1. The molecule has 0 radical (unpaired) electrons. The van der Waals surface area contributed by atoms with E-state index in [1.807, 2.05) is 13.8 Å². The van der Waals surface area contributed by atoms with Gasteiger partial charge in [0.05, 0.1) is 0 Å². The van der Waals surface area contributed by atoms with Gasteiger partial charge >= 0.3 is 6.36 Å². The van der Waals surface area contributed by atoms with Crippen molar-refractivity contribution in [2.75, 3.05) is 0 Å². The largest absolute Gasteiger partial charge is 0.573 e. The number of carbonyl (C=O) groups is 1. The molecule has 0 aliphatic rings. The van der Waals surface area contributed by atoms with Crippen molar-refractivity contribution in [2.45, 2.75) is 20.2 Å². The van der Waals surface area contributed by atoms with Gasteiger partial charge in [-0.2, -0.15) is 0 Å². The number of benzene rings is 1. The molecule has 0 aliphatic heterocycles. The fourth-order valence-electron chi connectivity index (χ4n) is 0.821. The molecule has 0 aliphatic carbocycles.